The molecule has 0 aromatic carbocycles. The molecule has 1 N–H and O–H groups in total. The largest absolute Gasteiger partial charge is 0.314 e. The predicted octanol–water partition coefficient (Wildman–Crippen LogP) is 2.99. The zero-order valence-corrected chi connectivity index (χ0v) is 12.4. The van der Waals surface area contributed by atoms with Crippen molar-refractivity contribution in [2.75, 3.05) is 26.2 Å². The molecule has 0 saturated heterocycles. The Balaban J connectivity index is 4.09. The molecule has 0 heterocycles. The van der Waals surface area contributed by atoms with E-state index >= 15 is 0 Å². The van der Waals surface area contributed by atoms with Gasteiger partial charge < -0.3 is 10.2 Å². The molecular formula is C14H32N2. The summed E-state index contributed by atoms with van der Waals surface area (Å²) in [6, 6.07) is 0.583. The van der Waals surface area contributed by atoms with E-state index in [-0.39, 0.29) is 0 Å². The molecule has 2 nitrogen and oxygen atoms in total. The van der Waals surface area contributed by atoms with E-state index in [1.54, 1.807) is 0 Å². The third-order valence-corrected chi connectivity index (χ3v) is 2.71. The lowest BCUT2D eigenvalue weighted by molar-refractivity contribution is 0.164. The highest BCUT2D eigenvalue weighted by atomic mass is 15.1. The second-order valence-corrected chi connectivity index (χ2v) is 6.42. The summed E-state index contributed by atoms with van der Waals surface area (Å²) in [5.41, 5.74) is 0.356. The Bertz CT molecular complexity index is 174. The SMILES string of the molecule is CCN(CC(C)C)CC(C)(C)CNC(C)C. The van der Waals surface area contributed by atoms with Crippen molar-refractivity contribution in [3.63, 3.8) is 0 Å². The Morgan fingerprint density at radius 2 is 1.69 bits per heavy atom. The minimum Gasteiger partial charge on any atom is -0.314 e. The van der Waals surface area contributed by atoms with Crippen molar-refractivity contribution in [2.24, 2.45) is 11.3 Å². The van der Waals surface area contributed by atoms with Gasteiger partial charge in [-0.05, 0) is 17.9 Å². The summed E-state index contributed by atoms with van der Waals surface area (Å²) in [7, 11) is 0. The van der Waals surface area contributed by atoms with Gasteiger partial charge in [0.1, 0.15) is 0 Å². The fourth-order valence-corrected chi connectivity index (χ4v) is 1.96. The second kappa shape index (κ2) is 7.29. The summed E-state index contributed by atoms with van der Waals surface area (Å²) in [5.74, 6) is 0.758. The molecule has 0 saturated carbocycles. The smallest absolute Gasteiger partial charge is 0.00448 e. The van der Waals surface area contributed by atoms with Crippen molar-refractivity contribution in [1.82, 2.24) is 10.2 Å². The fourth-order valence-electron chi connectivity index (χ4n) is 1.96. The van der Waals surface area contributed by atoms with Gasteiger partial charge in [0, 0.05) is 25.7 Å². The fraction of sp³-hybridized carbons (Fsp3) is 1.00. The lowest BCUT2D eigenvalue weighted by Crippen LogP contribution is -2.43. The van der Waals surface area contributed by atoms with Gasteiger partial charge in [0.05, 0.1) is 0 Å². The summed E-state index contributed by atoms with van der Waals surface area (Å²) in [4.78, 5) is 2.56. The summed E-state index contributed by atoms with van der Waals surface area (Å²) in [6.07, 6.45) is 0. The van der Waals surface area contributed by atoms with Crippen LogP contribution in [0, 0.1) is 11.3 Å². The van der Waals surface area contributed by atoms with Crippen LogP contribution in [0.15, 0.2) is 0 Å². The van der Waals surface area contributed by atoms with Crippen LogP contribution in [0.1, 0.15) is 48.5 Å². The maximum absolute atomic E-state index is 3.54. The molecule has 0 amide bonds. The third-order valence-electron chi connectivity index (χ3n) is 2.71. The molecule has 0 radical (unpaired) electrons. The van der Waals surface area contributed by atoms with Crippen LogP contribution in [0.25, 0.3) is 0 Å². The van der Waals surface area contributed by atoms with E-state index in [2.05, 4.69) is 58.7 Å². The van der Waals surface area contributed by atoms with Crippen molar-refractivity contribution in [2.45, 2.75) is 54.5 Å². The Hall–Kier alpha value is -0.0800. The molecule has 98 valence electrons. The van der Waals surface area contributed by atoms with Crippen LogP contribution in [0.4, 0.5) is 0 Å². The van der Waals surface area contributed by atoms with Gasteiger partial charge in [-0.3, -0.25) is 0 Å². The number of nitrogens with zero attached hydrogens (tertiary/aromatic N) is 1. The predicted molar refractivity (Wildman–Crippen MR) is 73.9 cm³/mol. The highest BCUT2D eigenvalue weighted by Crippen LogP contribution is 2.16. The molecule has 16 heavy (non-hydrogen) atoms. The maximum atomic E-state index is 3.54. The first kappa shape index (κ1) is 15.9. The summed E-state index contributed by atoms with van der Waals surface area (Å²) < 4.78 is 0. The van der Waals surface area contributed by atoms with Crippen LogP contribution in [-0.4, -0.2) is 37.1 Å². The van der Waals surface area contributed by atoms with Crippen molar-refractivity contribution in [3.05, 3.63) is 0 Å². The van der Waals surface area contributed by atoms with Crippen molar-refractivity contribution >= 4 is 0 Å². The summed E-state index contributed by atoms with van der Waals surface area (Å²) >= 11 is 0. The van der Waals surface area contributed by atoms with E-state index in [4.69, 9.17) is 0 Å². The molecule has 0 aliphatic heterocycles. The third kappa shape index (κ3) is 8.12. The zero-order valence-electron chi connectivity index (χ0n) is 12.4. The van der Waals surface area contributed by atoms with Crippen LogP contribution < -0.4 is 5.32 Å². The van der Waals surface area contributed by atoms with Gasteiger partial charge in [-0.2, -0.15) is 0 Å². The van der Waals surface area contributed by atoms with Crippen LogP contribution in [0.2, 0.25) is 0 Å². The lowest BCUT2D eigenvalue weighted by atomic mass is 9.92. The Labute approximate surface area is 103 Å². The number of rotatable bonds is 8. The Morgan fingerprint density at radius 1 is 1.12 bits per heavy atom. The van der Waals surface area contributed by atoms with Crippen molar-refractivity contribution < 1.29 is 0 Å². The number of hydrogen-bond acceptors (Lipinski definition) is 2. The van der Waals surface area contributed by atoms with E-state index in [9.17, 15) is 0 Å². The molecular weight excluding hydrogens is 196 g/mol. The summed E-state index contributed by atoms with van der Waals surface area (Å²) in [5, 5.41) is 3.54. The van der Waals surface area contributed by atoms with Gasteiger partial charge in [-0.25, -0.2) is 0 Å². The minimum absolute atomic E-state index is 0.356. The highest BCUT2D eigenvalue weighted by molar-refractivity contribution is 4.77. The molecule has 0 aromatic heterocycles. The molecule has 0 fully saturated rings. The molecule has 0 atom stereocenters. The molecule has 0 unspecified atom stereocenters. The van der Waals surface area contributed by atoms with Crippen molar-refractivity contribution in [3.8, 4) is 0 Å². The maximum Gasteiger partial charge on any atom is 0.00448 e. The number of hydrogen-bond donors (Lipinski definition) is 1. The molecule has 0 spiro atoms. The average molecular weight is 228 g/mol. The first-order valence-electron chi connectivity index (χ1n) is 6.72. The van der Waals surface area contributed by atoms with Gasteiger partial charge in [0.2, 0.25) is 0 Å². The number of nitrogens with one attached hydrogen (secondary N) is 1. The van der Waals surface area contributed by atoms with Crippen LogP contribution in [0.5, 0.6) is 0 Å². The highest BCUT2D eigenvalue weighted by Gasteiger charge is 2.21. The standard InChI is InChI=1S/C14H32N2/c1-8-16(9-12(2)3)11-14(6,7)10-15-13(4)5/h12-13,15H,8-11H2,1-7H3. The van der Waals surface area contributed by atoms with E-state index < -0.39 is 0 Å². The van der Waals surface area contributed by atoms with Crippen LogP contribution >= 0.6 is 0 Å². The van der Waals surface area contributed by atoms with Crippen LogP contribution in [-0.2, 0) is 0 Å². The average Bonchev–Trinajstić information content (AvgIpc) is 2.13. The quantitative estimate of drug-likeness (QED) is 0.687. The van der Waals surface area contributed by atoms with Gasteiger partial charge in [-0.1, -0.05) is 48.5 Å². The molecule has 2 heteroatoms. The summed E-state index contributed by atoms with van der Waals surface area (Å²) in [6.45, 7) is 20.6. The van der Waals surface area contributed by atoms with Crippen molar-refractivity contribution in [1.29, 1.82) is 0 Å². The monoisotopic (exact) mass is 228 g/mol. The topological polar surface area (TPSA) is 15.3 Å². The first-order chi connectivity index (χ1) is 7.26. The normalized spacial score (nSPS) is 13.1. The molecule has 0 aliphatic rings. The van der Waals surface area contributed by atoms with E-state index in [1.807, 2.05) is 0 Å². The van der Waals surface area contributed by atoms with Crippen LogP contribution in [0.3, 0.4) is 0 Å². The Kier molecular flexibility index (Phi) is 7.25. The zero-order chi connectivity index (χ0) is 12.8. The van der Waals surface area contributed by atoms with Gasteiger partial charge in [0.25, 0.3) is 0 Å². The van der Waals surface area contributed by atoms with E-state index in [0.29, 0.717) is 11.5 Å². The molecule has 0 aliphatic carbocycles. The van der Waals surface area contributed by atoms with Gasteiger partial charge in [-0.15, -0.1) is 0 Å². The first-order valence-corrected chi connectivity index (χ1v) is 6.72. The van der Waals surface area contributed by atoms with Gasteiger partial charge >= 0.3 is 0 Å². The molecule has 0 aromatic rings. The molecule has 0 rings (SSSR count). The van der Waals surface area contributed by atoms with Gasteiger partial charge in [0.15, 0.2) is 0 Å². The van der Waals surface area contributed by atoms with E-state index in [1.165, 1.54) is 13.1 Å². The second-order valence-electron chi connectivity index (χ2n) is 6.42. The Morgan fingerprint density at radius 3 is 2.06 bits per heavy atom. The lowest BCUT2D eigenvalue weighted by Gasteiger charge is -2.33. The van der Waals surface area contributed by atoms with E-state index in [0.717, 1.165) is 19.0 Å². The molecule has 0 bridgehead atoms. The minimum atomic E-state index is 0.356.